The van der Waals surface area contributed by atoms with Gasteiger partial charge >= 0.3 is 5.97 Å². The fraction of sp³-hybridized carbons (Fsp3) is 0.846. The first-order valence-corrected chi connectivity index (χ1v) is 12.4. The van der Waals surface area contributed by atoms with Gasteiger partial charge in [-0.2, -0.15) is 0 Å². The van der Waals surface area contributed by atoms with Crippen LogP contribution in [0.1, 0.15) is 97.8 Å². The van der Waals surface area contributed by atoms with Crippen LogP contribution >= 0.6 is 0 Å². The first-order chi connectivity index (χ1) is 14.3. The molecule has 1 N–H and O–H groups in total. The number of ketones is 1. The zero-order chi connectivity index (χ0) is 21.5. The topological polar surface area (TPSA) is 63.6 Å². The van der Waals surface area contributed by atoms with E-state index >= 15 is 0 Å². The lowest BCUT2D eigenvalue weighted by atomic mass is 9.46. The maximum atomic E-state index is 12.0. The Morgan fingerprint density at radius 2 is 1.97 bits per heavy atom. The summed E-state index contributed by atoms with van der Waals surface area (Å²) < 4.78 is 5.02. The van der Waals surface area contributed by atoms with E-state index in [1.165, 1.54) is 37.7 Å². The first-order valence-electron chi connectivity index (χ1n) is 12.4. The summed E-state index contributed by atoms with van der Waals surface area (Å²) in [7, 11) is 0. The molecule has 0 bridgehead atoms. The van der Waals surface area contributed by atoms with E-state index in [2.05, 4.69) is 13.8 Å². The minimum Gasteiger partial charge on any atom is -0.436 e. The summed E-state index contributed by atoms with van der Waals surface area (Å²) in [5, 5.41) is 9.96. The highest BCUT2D eigenvalue weighted by molar-refractivity contribution is 5.91. The van der Waals surface area contributed by atoms with Crippen molar-refractivity contribution in [3.63, 3.8) is 0 Å². The predicted molar refractivity (Wildman–Crippen MR) is 116 cm³/mol. The lowest BCUT2D eigenvalue weighted by Crippen LogP contribution is -2.50. The van der Waals surface area contributed by atoms with E-state index in [0.717, 1.165) is 55.8 Å². The van der Waals surface area contributed by atoms with E-state index in [1.807, 2.05) is 6.08 Å². The Balaban J connectivity index is 1.39. The van der Waals surface area contributed by atoms with Gasteiger partial charge in [0.05, 0.1) is 0 Å². The molecule has 2 unspecified atom stereocenters. The third-order valence-electron chi connectivity index (χ3n) is 9.72. The van der Waals surface area contributed by atoms with Crippen LogP contribution < -0.4 is 0 Å². The van der Waals surface area contributed by atoms with Gasteiger partial charge in [0.25, 0.3) is 0 Å². The van der Waals surface area contributed by atoms with Crippen LogP contribution in [0.15, 0.2) is 11.6 Å². The number of carbonyl (C=O) groups excluding carboxylic acids is 2. The van der Waals surface area contributed by atoms with Crippen LogP contribution in [0.25, 0.3) is 0 Å². The molecule has 4 rings (SSSR count). The number of allylic oxidation sites excluding steroid dienone is 1. The molecule has 3 saturated carbocycles. The second-order valence-electron chi connectivity index (χ2n) is 11.0. The number of esters is 1. The van der Waals surface area contributed by atoms with Crippen molar-refractivity contribution in [1.29, 1.82) is 0 Å². The molecule has 0 heterocycles. The molecule has 0 amide bonds. The fourth-order valence-electron chi connectivity index (χ4n) is 7.98. The van der Waals surface area contributed by atoms with Crippen LogP contribution in [0.2, 0.25) is 0 Å². The standard InChI is InChI=1S/C26H40O4/c1-4-23(28)30-24(29)7-5-6-17-9-11-21-20-10-8-18-16-19(27)12-14-26(18,3)22(20)13-15-25(17,21)2/h16-17,20-22,24,29H,4-15H2,1-3H3/t17?,20-,21-,22+,24?,25+,26-/m0/s1. The highest BCUT2D eigenvalue weighted by Gasteiger charge is 2.58. The summed E-state index contributed by atoms with van der Waals surface area (Å²) in [6.45, 7) is 6.74. The fourth-order valence-corrected chi connectivity index (χ4v) is 7.98. The molecule has 0 aromatic carbocycles. The third kappa shape index (κ3) is 3.78. The summed E-state index contributed by atoms with van der Waals surface area (Å²) in [5.41, 5.74) is 2.12. The van der Waals surface area contributed by atoms with Crippen molar-refractivity contribution in [2.75, 3.05) is 0 Å². The largest absolute Gasteiger partial charge is 0.436 e. The van der Waals surface area contributed by atoms with Gasteiger partial charge in [0.15, 0.2) is 5.78 Å². The summed E-state index contributed by atoms with van der Waals surface area (Å²) in [6, 6.07) is 0. The van der Waals surface area contributed by atoms with Crippen molar-refractivity contribution >= 4 is 11.8 Å². The number of fused-ring (bicyclic) bond motifs is 5. The molecule has 7 atom stereocenters. The van der Waals surface area contributed by atoms with E-state index in [1.54, 1.807) is 6.92 Å². The van der Waals surface area contributed by atoms with Gasteiger partial charge in [0, 0.05) is 19.3 Å². The summed E-state index contributed by atoms with van der Waals surface area (Å²) in [5.74, 6) is 3.10. The van der Waals surface area contributed by atoms with E-state index < -0.39 is 6.29 Å². The molecular formula is C26H40O4. The number of ether oxygens (including phenoxy) is 1. The molecule has 0 spiro atoms. The van der Waals surface area contributed by atoms with E-state index in [9.17, 15) is 14.7 Å². The average molecular weight is 417 g/mol. The highest BCUT2D eigenvalue weighted by atomic mass is 16.6. The van der Waals surface area contributed by atoms with E-state index in [4.69, 9.17) is 4.74 Å². The van der Waals surface area contributed by atoms with Crippen LogP contribution in [0.5, 0.6) is 0 Å². The second-order valence-corrected chi connectivity index (χ2v) is 11.0. The van der Waals surface area contributed by atoms with Crippen LogP contribution in [-0.4, -0.2) is 23.1 Å². The summed E-state index contributed by atoms with van der Waals surface area (Å²) in [4.78, 5) is 23.4. The zero-order valence-corrected chi connectivity index (χ0v) is 19.1. The van der Waals surface area contributed by atoms with Crippen molar-refractivity contribution in [2.24, 2.45) is 34.5 Å². The number of hydrogen-bond donors (Lipinski definition) is 1. The van der Waals surface area contributed by atoms with Crippen LogP contribution in [0.3, 0.4) is 0 Å². The molecule has 0 radical (unpaired) electrons. The van der Waals surface area contributed by atoms with Crippen LogP contribution in [0, 0.1) is 34.5 Å². The number of hydrogen-bond acceptors (Lipinski definition) is 4. The molecule has 4 heteroatoms. The monoisotopic (exact) mass is 416 g/mol. The minimum atomic E-state index is -0.948. The molecule has 30 heavy (non-hydrogen) atoms. The van der Waals surface area contributed by atoms with Crippen molar-refractivity contribution < 1.29 is 19.4 Å². The van der Waals surface area contributed by atoms with Crippen molar-refractivity contribution in [2.45, 2.75) is 104 Å². The average Bonchev–Trinajstić information content (AvgIpc) is 3.05. The molecule has 0 saturated heterocycles. The first kappa shape index (κ1) is 22.0. The lowest BCUT2D eigenvalue weighted by molar-refractivity contribution is -0.168. The Hall–Kier alpha value is -1.16. The van der Waals surface area contributed by atoms with Crippen LogP contribution in [0.4, 0.5) is 0 Å². The minimum absolute atomic E-state index is 0.253. The smallest absolute Gasteiger partial charge is 0.307 e. The molecule has 168 valence electrons. The maximum absolute atomic E-state index is 12.0. The lowest BCUT2D eigenvalue weighted by Gasteiger charge is -2.58. The Labute approximate surface area is 181 Å². The Morgan fingerprint density at radius 3 is 2.73 bits per heavy atom. The van der Waals surface area contributed by atoms with Gasteiger partial charge in [-0.1, -0.05) is 26.3 Å². The Bertz CT molecular complexity index is 712. The molecule has 0 aromatic rings. The van der Waals surface area contributed by atoms with E-state index in [-0.39, 0.29) is 11.4 Å². The molecule has 4 aliphatic carbocycles. The molecule has 4 aliphatic rings. The molecular weight excluding hydrogens is 376 g/mol. The van der Waals surface area contributed by atoms with Gasteiger partial charge in [-0.05, 0) is 98.4 Å². The quantitative estimate of drug-likeness (QED) is 0.454. The van der Waals surface area contributed by atoms with Crippen molar-refractivity contribution in [3.8, 4) is 0 Å². The van der Waals surface area contributed by atoms with Gasteiger partial charge < -0.3 is 9.84 Å². The van der Waals surface area contributed by atoms with Gasteiger partial charge in [0.2, 0.25) is 6.29 Å². The number of carbonyl (C=O) groups is 2. The zero-order valence-electron chi connectivity index (χ0n) is 19.1. The predicted octanol–water partition coefficient (Wildman–Crippen LogP) is 5.58. The van der Waals surface area contributed by atoms with Crippen molar-refractivity contribution in [1.82, 2.24) is 0 Å². The van der Waals surface area contributed by atoms with Gasteiger partial charge in [-0.3, -0.25) is 9.59 Å². The summed E-state index contributed by atoms with van der Waals surface area (Å²) in [6.07, 6.45) is 13.4. The number of aliphatic hydroxyl groups is 1. The molecule has 4 nitrogen and oxygen atoms in total. The highest BCUT2D eigenvalue weighted by Crippen LogP contribution is 2.67. The normalized spacial score (nSPS) is 41.3. The Kier molecular flexibility index (Phi) is 6.18. The molecule has 3 fully saturated rings. The summed E-state index contributed by atoms with van der Waals surface area (Å²) >= 11 is 0. The SMILES string of the molecule is CCC(=O)OC(O)CCCC1CC[C@H]2[C@@H]3CCC4=CC(=O)CC[C@]4(C)[C@@H]3CC[C@]12C. The van der Waals surface area contributed by atoms with E-state index in [0.29, 0.717) is 24.0 Å². The second kappa shape index (κ2) is 8.41. The maximum Gasteiger partial charge on any atom is 0.307 e. The van der Waals surface area contributed by atoms with Crippen LogP contribution in [-0.2, 0) is 14.3 Å². The number of aliphatic hydroxyl groups excluding tert-OH is 1. The van der Waals surface area contributed by atoms with Gasteiger partial charge in [-0.15, -0.1) is 0 Å². The van der Waals surface area contributed by atoms with Crippen molar-refractivity contribution in [3.05, 3.63) is 11.6 Å². The van der Waals surface area contributed by atoms with Gasteiger partial charge in [0.1, 0.15) is 0 Å². The van der Waals surface area contributed by atoms with Gasteiger partial charge in [-0.25, -0.2) is 0 Å². The third-order valence-corrected chi connectivity index (χ3v) is 9.72. The molecule has 0 aromatic heterocycles. The molecule has 0 aliphatic heterocycles. The number of rotatable bonds is 6. The Morgan fingerprint density at radius 1 is 1.17 bits per heavy atom.